The fraction of sp³-hybridized carbons (Fsp3) is 0.400. The van der Waals surface area contributed by atoms with Gasteiger partial charge < -0.3 is 24.7 Å². The Balaban J connectivity index is 1.62. The number of fused-ring (bicyclic) bond motifs is 1. The summed E-state index contributed by atoms with van der Waals surface area (Å²) in [5.41, 5.74) is 3.79. The van der Waals surface area contributed by atoms with Crippen molar-refractivity contribution in [3.8, 4) is 11.8 Å². The van der Waals surface area contributed by atoms with Gasteiger partial charge in [0.1, 0.15) is 17.2 Å². The van der Waals surface area contributed by atoms with E-state index in [1.165, 1.54) is 17.8 Å². The fourth-order valence-corrected chi connectivity index (χ4v) is 5.94. The molecule has 1 fully saturated rings. The van der Waals surface area contributed by atoms with Crippen molar-refractivity contribution in [2.24, 2.45) is 5.41 Å². The number of aliphatic hydroxyl groups excluding tert-OH is 1. The van der Waals surface area contributed by atoms with Crippen LogP contribution < -0.4 is 20.9 Å². The molecule has 14 nitrogen and oxygen atoms in total. The fourth-order valence-electron chi connectivity index (χ4n) is 4.41. The Morgan fingerprint density at radius 1 is 1.40 bits per heavy atom. The van der Waals surface area contributed by atoms with E-state index in [4.69, 9.17) is 19.5 Å². The van der Waals surface area contributed by atoms with Gasteiger partial charge >= 0.3 is 13.7 Å². The summed E-state index contributed by atoms with van der Waals surface area (Å²) in [6, 6.07) is 8.35. The van der Waals surface area contributed by atoms with Gasteiger partial charge in [-0.15, -0.1) is 0 Å². The first kappa shape index (κ1) is 29.0. The number of hydrogen-bond acceptors (Lipinski definition) is 11. The SMILES string of the molecule is C=C1[C@@H](n2cnc3c(=O)[nH]c(N)nc32)C[C@H](O)[C@@]1(C#N)CO[P@@](=O)(N[C@@H](C)C(=O)OC(C)C)Oc1ccccc1. The third kappa shape index (κ3) is 5.64. The van der Waals surface area contributed by atoms with Crippen LogP contribution in [0.2, 0.25) is 0 Å². The average molecular weight is 572 g/mol. The van der Waals surface area contributed by atoms with E-state index >= 15 is 0 Å². The lowest BCUT2D eigenvalue weighted by atomic mass is 9.83. The number of rotatable bonds is 10. The predicted octanol–water partition coefficient (Wildman–Crippen LogP) is 2.21. The van der Waals surface area contributed by atoms with Crippen molar-refractivity contribution in [2.45, 2.75) is 51.5 Å². The van der Waals surface area contributed by atoms with Crippen LogP contribution >= 0.6 is 7.75 Å². The highest BCUT2D eigenvalue weighted by Gasteiger charge is 2.53. The van der Waals surface area contributed by atoms with Gasteiger partial charge in [-0.3, -0.25) is 19.1 Å². The summed E-state index contributed by atoms with van der Waals surface area (Å²) in [5, 5.41) is 23.9. The van der Waals surface area contributed by atoms with E-state index < -0.39 is 55.6 Å². The molecule has 0 radical (unpaired) electrons. The van der Waals surface area contributed by atoms with Gasteiger partial charge in [-0.1, -0.05) is 24.8 Å². The van der Waals surface area contributed by atoms with Gasteiger partial charge in [0, 0.05) is 0 Å². The van der Waals surface area contributed by atoms with E-state index in [9.17, 15) is 24.5 Å². The Labute approximate surface area is 229 Å². The number of carbonyl (C=O) groups excluding carboxylic acids is 1. The molecule has 212 valence electrons. The molecular formula is C25H30N7O7P. The number of H-pyrrole nitrogens is 1. The highest BCUT2D eigenvalue weighted by molar-refractivity contribution is 7.52. The first-order chi connectivity index (χ1) is 18.9. The summed E-state index contributed by atoms with van der Waals surface area (Å²) < 4.78 is 32.0. The predicted molar refractivity (Wildman–Crippen MR) is 144 cm³/mol. The number of imidazole rings is 1. The molecule has 0 amide bonds. The van der Waals surface area contributed by atoms with E-state index in [2.05, 4.69) is 32.7 Å². The van der Waals surface area contributed by atoms with E-state index in [0.29, 0.717) is 0 Å². The lowest BCUT2D eigenvalue weighted by molar-refractivity contribution is -0.149. The second-order valence-electron chi connectivity index (χ2n) is 9.66. The molecule has 15 heteroatoms. The van der Waals surface area contributed by atoms with Crippen LogP contribution in [0.4, 0.5) is 5.95 Å². The number of nitrogen functional groups attached to an aromatic ring is 1. The van der Waals surface area contributed by atoms with E-state index in [1.807, 2.05) is 0 Å². The molecule has 0 saturated heterocycles. The Hall–Kier alpha value is -4.02. The molecule has 2 aromatic heterocycles. The maximum Gasteiger partial charge on any atom is 0.459 e. The normalized spacial score (nSPS) is 23.1. The number of esters is 1. The van der Waals surface area contributed by atoms with Crippen LogP contribution in [0.5, 0.6) is 5.75 Å². The van der Waals surface area contributed by atoms with Crippen molar-refractivity contribution in [2.75, 3.05) is 12.3 Å². The lowest BCUT2D eigenvalue weighted by Gasteiger charge is -2.30. The first-order valence-corrected chi connectivity index (χ1v) is 13.9. The number of nitrogens with two attached hydrogens (primary N) is 1. The Kier molecular flexibility index (Phi) is 8.13. The molecule has 3 aromatic rings. The number of anilines is 1. The van der Waals surface area contributed by atoms with E-state index in [1.54, 1.807) is 44.2 Å². The summed E-state index contributed by atoms with van der Waals surface area (Å²) in [6.07, 6.45) is -0.400. The molecule has 1 aliphatic carbocycles. The molecule has 1 aromatic carbocycles. The van der Waals surface area contributed by atoms with Gasteiger partial charge in [0.05, 0.1) is 37.3 Å². The van der Waals surface area contributed by atoms with E-state index in [-0.39, 0.29) is 34.9 Å². The van der Waals surface area contributed by atoms with Gasteiger partial charge in [0.15, 0.2) is 11.2 Å². The number of nitriles is 1. The highest BCUT2D eigenvalue weighted by atomic mass is 31.2. The molecule has 1 saturated carbocycles. The first-order valence-electron chi connectivity index (χ1n) is 12.4. The minimum atomic E-state index is -4.34. The topological polar surface area (TPSA) is 207 Å². The molecule has 5 N–H and O–H groups in total. The summed E-state index contributed by atoms with van der Waals surface area (Å²) in [5.74, 6) is -0.644. The number of para-hydroxylation sites is 1. The number of nitrogens with zero attached hydrogens (tertiary/aromatic N) is 4. The molecule has 0 unspecified atom stereocenters. The summed E-state index contributed by atoms with van der Waals surface area (Å²) >= 11 is 0. The van der Waals surface area contributed by atoms with Crippen LogP contribution in [0, 0.1) is 16.7 Å². The van der Waals surface area contributed by atoms with Crippen LogP contribution in [0.15, 0.2) is 53.6 Å². The number of aromatic nitrogens is 4. The number of hydrogen-bond donors (Lipinski definition) is 4. The second-order valence-corrected chi connectivity index (χ2v) is 11.4. The minimum absolute atomic E-state index is 0.00993. The van der Waals surface area contributed by atoms with Crippen molar-refractivity contribution in [3.63, 3.8) is 0 Å². The number of ether oxygens (including phenoxy) is 1. The van der Waals surface area contributed by atoms with Crippen LogP contribution in [-0.4, -0.2) is 55.5 Å². The van der Waals surface area contributed by atoms with Crippen LogP contribution in [-0.2, 0) is 18.6 Å². The smallest absolute Gasteiger partial charge is 0.459 e. The summed E-state index contributed by atoms with van der Waals surface area (Å²) in [7, 11) is -4.34. The third-order valence-electron chi connectivity index (χ3n) is 6.46. The Bertz CT molecular complexity index is 1560. The van der Waals surface area contributed by atoms with Crippen LogP contribution in [0.25, 0.3) is 11.2 Å². The van der Waals surface area contributed by atoms with Crippen molar-refractivity contribution in [1.29, 1.82) is 5.26 Å². The quantitative estimate of drug-likeness (QED) is 0.157. The number of carbonyl (C=O) groups is 1. The van der Waals surface area contributed by atoms with Crippen molar-refractivity contribution >= 4 is 30.8 Å². The van der Waals surface area contributed by atoms with Gasteiger partial charge in [-0.05, 0) is 44.9 Å². The maximum atomic E-state index is 13.9. The standard InChI is InChI=1S/C25H30N7O7P/c1-14(2)38-23(35)16(4)31-40(36,39-17-8-6-5-7-9-17)37-12-25(11-26)15(3)18(10-19(25)33)32-13-28-20-21(32)29-24(27)30-22(20)34/h5-9,13-14,16,18-19,33H,3,10,12H2,1-2,4H3,(H,31,36)(H3,27,29,30,34)/t16-,18-,19-,25-,40-/m0/s1. The Morgan fingerprint density at radius 2 is 2.10 bits per heavy atom. The number of nitrogens with one attached hydrogen (secondary N) is 2. The maximum absolute atomic E-state index is 13.9. The molecule has 0 bridgehead atoms. The zero-order valence-electron chi connectivity index (χ0n) is 22.1. The average Bonchev–Trinajstić information content (AvgIpc) is 3.41. The van der Waals surface area contributed by atoms with Crippen molar-refractivity contribution in [3.05, 3.63) is 59.2 Å². The molecule has 0 aliphatic heterocycles. The summed E-state index contributed by atoms with van der Waals surface area (Å²) in [4.78, 5) is 35.2. The zero-order chi connectivity index (χ0) is 29.2. The van der Waals surface area contributed by atoms with Gasteiger partial charge in [0.2, 0.25) is 5.95 Å². The zero-order valence-corrected chi connectivity index (χ0v) is 23.0. The number of aromatic amines is 1. The second kappa shape index (κ2) is 11.2. The van der Waals surface area contributed by atoms with Gasteiger partial charge in [0.25, 0.3) is 5.56 Å². The number of benzene rings is 1. The van der Waals surface area contributed by atoms with Gasteiger partial charge in [-0.25, -0.2) is 9.55 Å². The molecule has 4 rings (SSSR count). The van der Waals surface area contributed by atoms with E-state index in [0.717, 1.165) is 0 Å². The van der Waals surface area contributed by atoms with Crippen LogP contribution in [0.1, 0.15) is 33.2 Å². The molecular weight excluding hydrogens is 541 g/mol. The molecule has 0 spiro atoms. The summed E-state index contributed by atoms with van der Waals surface area (Å²) in [6.45, 7) is 8.21. The molecule has 1 aliphatic rings. The lowest BCUT2D eigenvalue weighted by Crippen LogP contribution is -2.39. The number of aliphatic hydroxyl groups is 1. The third-order valence-corrected chi connectivity index (χ3v) is 8.09. The molecule has 2 heterocycles. The van der Waals surface area contributed by atoms with Crippen molar-refractivity contribution in [1.82, 2.24) is 24.6 Å². The highest BCUT2D eigenvalue weighted by Crippen LogP contribution is 2.53. The minimum Gasteiger partial charge on any atom is -0.462 e. The Morgan fingerprint density at radius 3 is 2.75 bits per heavy atom. The van der Waals surface area contributed by atoms with Crippen LogP contribution in [0.3, 0.4) is 0 Å². The molecule has 40 heavy (non-hydrogen) atoms. The molecule has 5 atom stereocenters. The largest absolute Gasteiger partial charge is 0.462 e. The monoisotopic (exact) mass is 571 g/mol. The van der Waals surface area contributed by atoms with Gasteiger partial charge in [-0.2, -0.15) is 15.3 Å². The van der Waals surface area contributed by atoms with Crippen molar-refractivity contribution < 1.29 is 28.3 Å².